The highest BCUT2D eigenvalue weighted by molar-refractivity contribution is 7.17. The van der Waals surface area contributed by atoms with Crippen molar-refractivity contribution in [1.82, 2.24) is 15.3 Å². The van der Waals surface area contributed by atoms with Crippen LogP contribution in [-0.4, -0.2) is 29.5 Å². The number of amides is 1. The number of ether oxygens (including phenoxy) is 1. The van der Waals surface area contributed by atoms with Crippen molar-refractivity contribution in [3.63, 3.8) is 0 Å². The zero-order valence-corrected chi connectivity index (χ0v) is 13.1. The van der Waals surface area contributed by atoms with Crippen LogP contribution in [-0.2, 0) is 4.79 Å². The molecule has 1 N–H and O–H groups in total. The number of fused-ring (bicyclic) bond motifs is 1. The third-order valence-electron chi connectivity index (χ3n) is 3.32. The number of thiophene rings is 1. The lowest BCUT2D eigenvalue weighted by Crippen LogP contribution is -2.25. The smallest absolute Gasteiger partial charge is 0.257 e. The molecule has 0 spiro atoms. The second-order valence-electron chi connectivity index (χ2n) is 4.84. The summed E-state index contributed by atoms with van der Waals surface area (Å²) in [6.45, 7) is 1.99. The molecule has 1 amide bonds. The number of likely N-dealkylation sites (N-methyl/N-ethyl adjacent to an activating group) is 1. The number of aryl methyl sites for hydroxylation is 1. The van der Waals surface area contributed by atoms with E-state index in [1.54, 1.807) is 7.05 Å². The molecule has 0 aliphatic carbocycles. The number of hydrogen-bond donors (Lipinski definition) is 1. The van der Waals surface area contributed by atoms with Crippen molar-refractivity contribution in [2.24, 2.45) is 0 Å². The van der Waals surface area contributed by atoms with Crippen LogP contribution in [0.1, 0.15) is 5.56 Å². The fourth-order valence-corrected chi connectivity index (χ4v) is 3.02. The standard InChI is InChI=1S/C16H15N3O2S/c1-10-3-5-11(6-4-10)12-8-22-16-14(12)15(18-9-19-16)21-7-13(20)17-2/h3-6,8-9H,7H2,1-2H3,(H,17,20). The normalized spacial score (nSPS) is 10.6. The molecule has 0 atom stereocenters. The van der Waals surface area contributed by atoms with E-state index in [0.717, 1.165) is 21.3 Å². The number of nitrogens with zero attached hydrogens (tertiary/aromatic N) is 2. The zero-order valence-electron chi connectivity index (χ0n) is 12.3. The fraction of sp³-hybridized carbons (Fsp3) is 0.188. The molecule has 0 saturated heterocycles. The van der Waals surface area contributed by atoms with Crippen LogP contribution in [0.2, 0.25) is 0 Å². The number of carbonyl (C=O) groups excluding carboxylic acids is 1. The maximum atomic E-state index is 11.4. The van der Waals surface area contributed by atoms with Crippen LogP contribution in [0.15, 0.2) is 36.0 Å². The van der Waals surface area contributed by atoms with Gasteiger partial charge in [0.2, 0.25) is 5.88 Å². The Hall–Kier alpha value is -2.47. The minimum atomic E-state index is -0.195. The van der Waals surface area contributed by atoms with Crippen LogP contribution < -0.4 is 10.1 Å². The predicted molar refractivity (Wildman–Crippen MR) is 87.1 cm³/mol. The molecule has 0 radical (unpaired) electrons. The van der Waals surface area contributed by atoms with E-state index in [4.69, 9.17) is 4.74 Å². The van der Waals surface area contributed by atoms with Gasteiger partial charge in [0, 0.05) is 18.0 Å². The SMILES string of the molecule is CNC(=O)COc1ncnc2scc(-c3ccc(C)cc3)c12. The number of aromatic nitrogens is 2. The Kier molecular flexibility index (Phi) is 4.02. The van der Waals surface area contributed by atoms with Crippen molar-refractivity contribution in [2.75, 3.05) is 13.7 Å². The number of carbonyl (C=O) groups is 1. The maximum absolute atomic E-state index is 11.4. The van der Waals surface area contributed by atoms with E-state index in [0.29, 0.717) is 5.88 Å². The van der Waals surface area contributed by atoms with E-state index >= 15 is 0 Å². The third-order valence-corrected chi connectivity index (χ3v) is 4.20. The molecule has 2 heterocycles. The Morgan fingerprint density at radius 3 is 2.77 bits per heavy atom. The molecule has 3 rings (SSSR count). The van der Waals surface area contributed by atoms with E-state index in [1.807, 2.05) is 5.38 Å². The van der Waals surface area contributed by atoms with Gasteiger partial charge in [0.15, 0.2) is 6.61 Å². The number of rotatable bonds is 4. The molecule has 6 heteroatoms. The monoisotopic (exact) mass is 313 g/mol. The van der Waals surface area contributed by atoms with E-state index in [-0.39, 0.29) is 12.5 Å². The molecule has 0 fully saturated rings. The lowest BCUT2D eigenvalue weighted by atomic mass is 10.0. The molecule has 3 aromatic rings. The first kappa shape index (κ1) is 14.5. The first-order chi connectivity index (χ1) is 10.7. The van der Waals surface area contributed by atoms with Crippen molar-refractivity contribution < 1.29 is 9.53 Å². The molecule has 112 valence electrons. The zero-order chi connectivity index (χ0) is 15.5. The van der Waals surface area contributed by atoms with Crippen LogP contribution in [0.25, 0.3) is 21.3 Å². The van der Waals surface area contributed by atoms with Gasteiger partial charge in [-0.1, -0.05) is 29.8 Å². The van der Waals surface area contributed by atoms with Crippen molar-refractivity contribution in [3.05, 3.63) is 41.5 Å². The maximum Gasteiger partial charge on any atom is 0.257 e. The predicted octanol–water partition coefficient (Wildman–Crippen LogP) is 2.79. The largest absolute Gasteiger partial charge is 0.467 e. The Balaban J connectivity index is 2.04. The summed E-state index contributed by atoms with van der Waals surface area (Å²) in [5.41, 5.74) is 3.31. The highest BCUT2D eigenvalue weighted by Crippen LogP contribution is 2.37. The van der Waals surface area contributed by atoms with E-state index in [1.165, 1.54) is 23.2 Å². The number of benzene rings is 1. The minimum Gasteiger partial charge on any atom is -0.467 e. The second kappa shape index (κ2) is 6.11. The van der Waals surface area contributed by atoms with E-state index in [9.17, 15) is 4.79 Å². The highest BCUT2D eigenvalue weighted by atomic mass is 32.1. The van der Waals surface area contributed by atoms with Gasteiger partial charge in [-0.25, -0.2) is 9.97 Å². The molecule has 0 aliphatic heterocycles. The van der Waals surface area contributed by atoms with Crippen molar-refractivity contribution in [2.45, 2.75) is 6.92 Å². The molecule has 0 saturated carbocycles. The molecular formula is C16H15N3O2S. The van der Waals surface area contributed by atoms with Gasteiger partial charge in [-0.3, -0.25) is 4.79 Å². The van der Waals surface area contributed by atoms with Crippen LogP contribution in [0.4, 0.5) is 0 Å². The fourth-order valence-electron chi connectivity index (χ4n) is 2.11. The minimum absolute atomic E-state index is 0.0637. The van der Waals surface area contributed by atoms with Gasteiger partial charge in [0.05, 0.1) is 5.39 Å². The molecule has 0 aliphatic rings. The van der Waals surface area contributed by atoms with E-state index in [2.05, 4.69) is 46.5 Å². The molecular weight excluding hydrogens is 298 g/mol. The van der Waals surface area contributed by atoms with Gasteiger partial charge >= 0.3 is 0 Å². The summed E-state index contributed by atoms with van der Waals surface area (Å²) in [5.74, 6) is 0.240. The van der Waals surface area contributed by atoms with Crippen molar-refractivity contribution in [3.8, 4) is 17.0 Å². The van der Waals surface area contributed by atoms with Gasteiger partial charge in [-0.05, 0) is 12.5 Å². The topological polar surface area (TPSA) is 64.1 Å². The van der Waals surface area contributed by atoms with Crippen molar-refractivity contribution >= 4 is 27.5 Å². The molecule has 0 bridgehead atoms. The Morgan fingerprint density at radius 2 is 2.05 bits per heavy atom. The molecule has 22 heavy (non-hydrogen) atoms. The summed E-state index contributed by atoms with van der Waals surface area (Å²) in [7, 11) is 1.57. The Labute approximate surface area is 132 Å². The first-order valence-corrected chi connectivity index (χ1v) is 7.69. The average molecular weight is 313 g/mol. The van der Waals surface area contributed by atoms with Crippen LogP contribution in [0.5, 0.6) is 5.88 Å². The van der Waals surface area contributed by atoms with Gasteiger partial charge in [-0.2, -0.15) is 0 Å². The highest BCUT2D eigenvalue weighted by Gasteiger charge is 2.14. The third kappa shape index (κ3) is 2.78. The molecule has 0 unspecified atom stereocenters. The lowest BCUT2D eigenvalue weighted by Gasteiger charge is -2.07. The first-order valence-electron chi connectivity index (χ1n) is 6.81. The summed E-state index contributed by atoms with van der Waals surface area (Å²) in [5, 5.41) is 5.41. The summed E-state index contributed by atoms with van der Waals surface area (Å²) in [6, 6.07) is 8.25. The molecule has 2 aromatic heterocycles. The summed E-state index contributed by atoms with van der Waals surface area (Å²) >= 11 is 1.54. The summed E-state index contributed by atoms with van der Waals surface area (Å²) in [4.78, 5) is 20.7. The molecule has 5 nitrogen and oxygen atoms in total. The number of nitrogens with one attached hydrogen (secondary N) is 1. The average Bonchev–Trinajstić information content (AvgIpc) is 2.98. The summed E-state index contributed by atoms with van der Waals surface area (Å²) in [6.07, 6.45) is 1.46. The van der Waals surface area contributed by atoms with Crippen LogP contribution >= 0.6 is 11.3 Å². The van der Waals surface area contributed by atoms with E-state index < -0.39 is 0 Å². The van der Waals surface area contributed by atoms with Gasteiger partial charge in [0.25, 0.3) is 5.91 Å². The molecule has 1 aromatic carbocycles. The van der Waals surface area contributed by atoms with Gasteiger partial charge in [-0.15, -0.1) is 11.3 Å². The second-order valence-corrected chi connectivity index (χ2v) is 5.69. The van der Waals surface area contributed by atoms with Gasteiger partial charge < -0.3 is 10.1 Å². The van der Waals surface area contributed by atoms with Crippen molar-refractivity contribution in [1.29, 1.82) is 0 Å². The van der Waals surface area contributed by atoms with Crippen LogP contribution in [0.3, 0.4) is 0 Å². The summed E-state index contributed by atoms with van der Waals surface area (Å²) < 4.78 is 5.56. The Morgan fingerprint density at radius 1 is 1.27 bits per heavy atom. The van der Waals surface area contributed by atoms with Crippen LogP contribution in [0, 0.1) is 6.92 Å². The quantitative estimate of drug-likeness (QED) is 0.804. The number of hydrogen-bond acceptors (Lipinski definition) is 5. The Bertz CT molecular complexity index is 812. The van der Waals surface area contributed by atoms with Gasteiger partial charge in [0.1, 0.15) is 11.2 Å². The lowest BCUT2D eigenvalue weighted by molar-refractivity contribution is -0.122.